The van der Waals surface area contributed by atoms with E-state index < -0.39 is 6.10 Å². The summed E-state index contributed by atoms with van der Waals surface area (Å²) in [6.45, 7) is 6.39. The smallest absolute Gasteiger partial charge is 0.306 e. The Morgan fingerprint density at radius 3 is 1.15 bits per heavy atom. The van der Waals surface area contributed by atoms with E-state index in [0.29, 0.717) is 19.3 Å². The van der Waals surface area contributed by atoms with Crippen LogP contribution in [0.15, 0.2) is 60.8 Å². The van der Waals surface area contributed by atoms with Gasteiger partial charge in [0.15, 0.2) is 6.10 Å². The van der Waals surface area contributed by atoms with Crippen LogP contribution < -0.4 is 0 Å². The zero-order valence-electron chi connectivity index (χ0n) is 34.5. The van der Waals surface area contributed by atoms with E-state index in [-0.39, 0.29) is 31.1 Å². The van der Waals surface area contributed by atoms with Crippen LogP contribution in [0.2, 0.25) is 0 Å². The van der Waals surface area contributed by atoms with E-state index >= 15 is 0 Å². The van der Waals surface area contributed by atoms with Crippen molar-refractivity contribution in [1.29, 1.82) is 0 Å². The Kier molecular flexibility index (Phi) is 39.6. The Bertz CT molecular complexity index is 991. The SMILES string of the molecule is CC/C=C\C/C=C\C/C=C\C/C=C\C/C=C\CCCCCCCC(=O)OCC(COC(=O)CCCCCCCC)OC(=O)CCCCCCCCCC. The fourth-order valence-corrected chi connectivity index (χ4v) is 5.76. The molecule has 0 spiro atoms. The number of carbonyl (C=O) groups is 3. The van der Waals surface area contributed by atoms with Gasteiger partial charge in [-0.1, -0.05) is 178 Å². The largest absolute Gasteiger partial charge is 0.462 e. The number of allylic oxidation sites excluding steroid dienone is 10. The first-order valence-corrected chi connectivity index (χ1v) is 21.8. The number of esters is 3. The summed E-state index contributed by atoms with van der Waals surface area (Å²) in [5.74, 6) is -0.919. The lowest BCUT2D eigenvalue weighted by Gasteiger charge is -2.18. The van der Waals surface area contributed by atoms with E-state index in [2.05, 4.69) is 81.5 Å². The van der Waals surface area contributed by atoms with Crippen LogP contribution in [-0.2, 0) is 28.6 Å². The van der Waals surface area contributed by atoms with Crippen molar-refractivity contribution >= 4 is 17.9 Å². The van der Waals surface area contributed by atoms with Crippen LogP contribution in [0.5, 0.6) is 0 Å². The molecule has 0 aromatic carbocycles. The third-order valence-corrected chi connectivity index (χ3v) is 9.04. The fourth-order valence-electron chi connectivity index (χ4n) is 5.76. The molecule has 6 heteroatoms. The Labute approximate surface area is 326 Å². The lowest BCUT2D eigenvalue weighted by atomic mass is 10.1. The molecule has 1 unspecified atom stereocenters. The van der Waals surface area contributed by atoms with Gasteiger partial charge in [-0.3, -0.25) is 14.4 Å². The maximum absolute atomic E-state index is 12.6. The van der Waals surface area contributed by atoms with Gasteiger partial charge in [0.2, 0.25) is 0 Å². The van der Waals surface area contributed by atoms with Gasteiger partial charge in [0.1, 0.15) is 13.2 Å². The molecule has 1 atom stereocenters. The minimum absolute atomic E-state index is 0.0804. The van der Waals surface area contributed by atoms with Gasteiger partial charge in [0.05, 0.1) is 0 Å². The van der Waals surface area contributed by atoms with Crippen molar-refractivity contribution in [3.8, 4) is 0 Å². The number of carbonyl (C=O) groups excluding carboxylic acids is 3. The molecular weight excluding hydrogens is 661 g/mol. The second-order valence-electron chi connectivity index (χ2n) is 14.2. The van der Waals surface area contributed by atoms with Crippen LogP contribution in [-0.4, -0.2) is 37.2 Å². The first-order chi connectivity index (χ1) is 26.0. The van der Waals surface area contributed by atoms with Crippen LogP contribution in [0.25, 0.3) is 0 Å². The second-order valence-corrected chi connectivity index (χ2v) is 14.2. The lowest BCUT2D eigenvalue weighted by Crippen LogP contribution is -2.30. The van der Waals surface area contributed by atoms with Gasteiger partial charge in [-0.25, -0.2) is 0 Å². The lowest BCUT2D eigenvalue weighted by molar-refractivity contribution is -0.167. The average molecular weight is 741 g/mol. The highest BCUT2D eigenvalue weighted by Crippen LogP contribution is 2.13. The molecule has 0 aliphatic heterocycles. The molecule has 0 fully saturated rings. The van der Waals surface area contributed by atoms with Gasteiger partial charge >= 0.3 is 17.9 Å². The summed E-state index contributed by atoms with van der Waals surface area (Å²) in [5.41, 5.74) is 0. The molecule has 53 heavy (non-hydrogen) atoms. The summed E-state index contributed by atoms with van der Waals surface area (Å²) < 4.78 is 16.5. The maximum Gasteiger partial charge on any atom is 0.306 e. The number of ether oxygens (including phenoxy) is 3. The molecule has 0 saturated carbocycles. The van der Waals surface area contributed by atoms with Gasteiger partial charge in [-0.05, 0) is 64.2 Å². The average Bonchev–Trinajstić information content (AvgIpc) is 3.15. The second kappa shape index (κ2) is 41.9. The van der Waals surface area contributed by atoms with E-state index in [1.54, 1.807) is 0 Å². The van der Waals surface area contributed by atoms with Crippen molar-refractivity contribution in [1.82, 2.24) is 0 Å². The molecule has 6 nitrogen and oxygen atoms in total. The first kappa shape index (κ1) is 50.1. The Balaban J connectivity index is 4.21. The van der Waals surface area contributed by atoms with Gasteiger partial charge < -0.3 is 14.2 Å². The van der Waals surface area contributed by atoms with Crippen LogP contribution in [0.1, 0.15) is 201 Å². The highest BCUT2D eigenvalue weighted by molar-refractivity contribution is 5.71. The molecule has 0 aliphatic carbocycles. The molecule has 0 heterocycles. The summed E-state index contributed by atoms with van der Waals surface area (Å²) >= 11 is 0. The quantitative estimate of drug-likeness (QED) is 0.0271. The molecule has 0 radical (unpaired) electrons. The summed E-state index contributed by atoms with van der Waals surface area (Å²) in [5, 5.41) is 0. The van der Waals surface area contributed by atoms with E-state index in [0.717, 1.165) is 109 Å². The molecule has 0 N–H and O–H groups in total. The van der Waals surface area contributed by atoms with E-state index in [1.165, 1.54) is 51.4 Å². The summed E-state index contributed by atoms with van der Waals surface area (Å²) in [6, 6.07) is 0. The Hall–Kier alpha value is -2.89. The molecular formula is C47H80O6. The van der Waals surface area contributed by atoms with Crippen LogP contribution in [0.4, 0.5) is 0 Å². The van der Waals surface area contributed by atoms with Crippen LogP contribution in [0.3, 0.4) is 0 Å². The highest BCUT2D eigenvalue weighted by atomic mass is 16.6. The zero-order chi connectivity index (χ0) is 38.7. The van der Waals surface area contributed by atoms with Gasteiger partial charge in [0.25, 0.3) is 0 Å². The number of rotatable bonds is 38. The van der Waals surface area contributed by atoms with Crippen molar-refractivity contribution in [2.45, 2.75) is 207 Å². The van der Waals surface area contributed by atoms with Crippen LogP contribution in [0, 0.1) is 0 Å². The third-order valence-electron chi connectivity index (χ3n) is 9.04. The van der Waals surface area contributed by atoms with Gasteiger partial charge in [0, 0.05) is 19.3 Å². The van der Waals surface area contributed by atoms with E-state index in [4.69, 9.17) is 14.2 Å². The number of hydrogen-bond donors (Lipinski definition) is 0. The summed E-state index contributed by atoms with van der Waals surface area (Å²) in [6.07, 6.45) is 49.5. The van der Waals surface area contributed by atoms with E-state index in [1.807, 2.05) is 0 Å². The number of unbranched alkanes of at least 4 members (excludes halogenated alkanes) is 17. The maximum atomic E-state index is 12.6. The van der Waals surface area contributed by atoms with Crippen molar-refractivity contribution < 1.29 is 28.6 Å². The standard InChI is InChI=1S/C47H80O6/c1-4-7-10-13-16-18-19-20-21-22-23-24-25-26-27-28-29-30-32-34-37-40-46(49)52-43-44(42-51-45(48)39-36-33-15-12-9-6-3)53-47(50)41-38-35-31-17-14-11-8-5-2/h7,10,16,18,20-21,23-24,26-27,44H,4-6,8-9,11-15,17,19,22,25,28-43H2,1-3H3/b10-7-,18-16-,21-20-,24-23-,27-26-. The molecule has 0 bridgehead atoms. The molecule has 0 saturated heterocycles. The Morgan fingerprint density at radius 1 is 0.396 bits per heavy atom. The molecule has 0 rings (SSSR count). The monoisotopic (exact) mass is 741 g/mol. The van der Waals surface area contributed by atoms with Gasteiger partial charge in [-0.15, -0.1) is 0 Å². The zero-order valence-corrected chi connectivity index (χ0v) is 34.5. The Morgan fingerprint density at radius 2 is 0.736 bits per heavy atom. The van der Waals surface area contributed by atoms with E-state index in [9.17, 15) is 14.4 Å². The van der Waals surface area contributed by atoms with Crippen molar-refractivity contribution in [3.63, 3.8) is 0 Å². The number of hydrogen-bond acceptors (Lipinski definition) is 6. The minimum atomic E-state index is -0.773. The molecule has 0 aromatic heterocycles. The molecule has 0 aliphatic rings. The molecule has 0 aromatic rings. The summed E-state index contributed by atoms with van der Waals surface area (Å²) in [4.78, 5) is 37.4. The van der Waals surface area contributed by atoms with Gasteiger partial charge in [-0.2, -0.15) is 0 Å². The van der Waals surface area contributed by atoms with Crippen molar-refractivity contribution in [2.75, 3.05) is 13.2 Å². The normalized spacial score (nSPS) is 12.6. The highest BCUT2D eigenvalue weighted by Gasteiger charge is 2.19. The predicted molar refractivity (Wildman–Crippen MR) is 224 cm³/mol. The summed E-state index contributed by atoms with van der Waals surface area (Å²) in [7, 11) is 0. The minimum Gasteiger partial charge on any atom is -0.462 e. The third kappa shape index (κ3) is 40.1. The van der Waals surface area contributed by atoms with Crippen LogP contribution >= 0.6 is 0 Å². The van der Waals surface area contributed by atoms with Crippen molar-refractivity contribution in [2.24, 2.45) is 0 Å². The molecule has 304 valence electrons. The predicted octanol–water partition coefficient (Wildman–Crippen LogP) is 13.7. The molecule has 0 amide bonds. The topological polar surface area (TPSA) is 78.9 Å². The fraction of sp³-hybridized carbons (Fsp3) is 0.723. The van der Waals surface area contributed by atoms with Crippen molar-refractivity contribution in [3.05, 3.63) is 60.8 Å². The first-order valence-electron chi connectivity index (χ1n) is 21.8.